The number of rotatable bonds is 4. The van der Waals surface area contributed by atoms with E-state index in [1.807, 2.05) is 4.90 Å². The molecule has 2 rings (SSSR count). The van der Waals surface area contributed by atoms with Crippen LogP contribution in [-0.4, -0.2) is 38.4 Å². The molecule has 6 heteroatoms. The molecule has 0 spiro atoms. The number of carbonyl (C=O) groups excluding carboxylic acids is 2. The molecule has 0 aromatic heterocycles. The Morgan fingerprint density at radius 2 is 2.16 bits per heavy atom. The van der Waals surface area contributed by atoms with Gasteiger partial charge in [-0.2, -0.15) is 0 Å². The first-order valence-corrected chi connectivity index (χ1v) is 6.19. The molecule has 102 valence electrons. The Bertz CT molecular complexity index is 473. The van der Waals surface area contributed by atoms with Crippen molar-refractivity contribution in [1.29, 1.82) is 0 Å². The molecular weight excluding hydrogens is 249 g/mol. The molecule has 0 saturated carbocycles. The van der Waals surface area contributed by atoms with Gasteiger partial charge < -0.3 is 20.3 Å². The fraction of sp³-hybridized carbons (Fsp3) is 0.385. The monoisotopic (exact) mass is 265 g/mol. The summed E-state index contributed by atoms with van der Waals surface area (Å²) in [5.74, 6) is -0.810. The summed E-state index contributed by atoms with van der Waals surface area (Å²) in [7, 11) is 0. The van der Waals surface area contributed by atoms with E-state index in [0.717, 1.165) is 26.2 Å². The molecule has 0 aliphatic carbocycles. The SMILES string of the molecule is O=CCC(=O)Nc1ccc(N2CCNCC2)c(F)c1. The normalized spacial score (nSPS) is 15.1. The Morgan fingerprint density at radius 1 is 1.42 bits per heavy atom. The minimum Gasteiger partial charge on any atom is -0.367 e. The van der Waals surface area contributed by atoms with Crippen LogP contribution in [-0.2, 0) is 9.59 Å². The summed E-state index contributed by atoms with van der Waals surface area (Å²) in [6.45, 7) is 3.18. The molecule has 1 aliphatic rings. The van der Waals surface area contributed by atoms with E-state index in [2.05, 4.69) is 10.6 Å². The first kappa shape index (κ1) is 13.5. The van der Waals surface area contributed by atoms with Crippen molar-refractivity contribution >= 4 is 23.6 Å². The van der Waals surface area contributed by atoms with E-state index in [9.17, 15) is 14.0 Å². The number of nitrogens with one attached hydrogen (secondary N) is 2. The zero-order valence-electron chi connectivity index (χ0n) is 10.5. The second-order valence-electron chi connectivity index (χ2n) is 4.32. The average molecular weight is 265 g/mol. The summed E-state index contributed by atoms with van der Waals surface area (Å²) in [6, 6.07) is 4.57. The van der Waals surface area contributed by atoms with Crippen LogP contribution in [0.1, 0.15) is 6.42 Å². The van der Waals surface area contributed by atoms with Crippen LogP contribution < -0.4 is 15.5 Å². The Balaban J connectivity index is 2.07. The highest BCUT2D eigenvalue weighted by Crippen LogP contribution is 2.23. The van der Waals surface area contributed by atoms with E-state index < -0.39 is 5.91 Å². The van der Waals surface area contributed by atoms with E-state index in [0.29, 0.717) is 17.7 Å². The third-order valence-corrected chi connectivity index (χ3v) is 2.96. The highest BCUT2D eigenvalue weighted by atomic mass is 19.1. The minimum absolute atomic E-state index is 0.221. The van der Waals surface area contributed by atoms with Crippen molar-refractivity contribution in [2.75, 3.05) is 36.4 Å². The van der Waals surface area contributed by atoms with Crippen LogP contribution >= 0.6 is 0 Å². The van der Waals surface area contributed by atoms with E-state index in [-0.39, 0.29) is 12.2 Å². The van der Waals surface area contributed by atoms with E-state index in [1.54, 1.807) is 12.1 Å². The quantitative estimate of drug-likeness (QED) is 0.623. The Hall–Kier alpha value is -1.95. The molecule has 1 aromatic carbocycles. The van der Waals surface area contributed by atoms with Crippen LogP contribution in [0, 0.1) is 5.82 Å². The molecule has 0 bridgehead atoms. The maximum Gasteiger partial charge on any atom is 0.231 e. The largest absolute Gasteiger partial charge is 0.367 e. The molecule has 1 fully saturated rings. The molecule has 1 heterocycles. The summed E-state index contributed by atoms with van der Waals surface area (Å²) in [5, 5.41) is 5.67. The van der Waals surface area contributed by atoms with Gasteiger partial charge in [0.2, 0.25) is 5.91 Å². The Kier molecular flexibility index (Phi) is 4.46. The molecule has 0 radical (unpaired) electrons. The molecule has 2 N–H and O–H groups in total. The van der Waals surface area contributed by atoms with Gasteiger partial charge in [-0.1, -0.05) is 0 Å². The van der Waals surface area contributed by atoms with Gasteiger partial charge in [0.15, 0.2) is 0 Å². The lowest BCUT2D eigenvalue weighted by atomic mass is 10.2. The number of nitrogens with zero attached hydrogens (tertiary/aromatic N) is 1. The fourth-order valence-electron chi connectivity index (χ4n) is 2.03. The zero-order valence-corrected chi connectivity index (χ0v) is 10.5. The van der Waals surface area contributed by atoms with Gasteiger partial charge in [-0.25, -0.2) is 4.39 Å². The molecule has 1 saturated heterocycles. The van der Waals surface area contributed by atoms with Crippen molar-refractivity contribution in [3.63, 3.8) is 0 Å². The van der Waals surface area contributed by atoms with Crippen molar-refractivity contribution in [3.8, 4) is 0 Å². The van der Waals surface area contributed by atoms with Crippen molar-refractivity contribution in [3.05, 3.63) is 24.0 Å². The summed E-state index contributed by atoms with van der Waals surface area (Å²) < 4.78 is 14.0. The van der Waals surface area contributed by atoms with E-state index >= 15 is 0 Å². The average Bonchev–Trinajstić information content (AvgIpc) is 2.40. The van der Waals surface area contributed by atoms with Crippen molar-refractivity contribution < 1.29 is 14.0 Å². The topological polar surface area (TPSA) is 61.4 Å². The predicted molar refractivity (Wildman–Crippen MR) is 70.8 cm³/mol. The van der Waals surface area contributed by atoms with Gasteiger partial charge in [0, 0.05) is 31.9 Å². The van der Waals surface area contributed by atoms with Crippen LogP contribution in [0.15, 0.2) is 18.2 Å². The molecule has 19 heavy (non-hydrogen) atoms. The maximum absolute atomic E-state index is 14.0. The molecule has 1 amide bonds. The van der Waals surface area contributed by atoms with Gasteiger partial charge >= 0.3 is 0 Å². The molecule has 0 unspecified atom stereocenters. The number of aldehydes is 1. The number of amides is 1. The first-order valence-electron chi connectivity index (χ1n) is 6.19. The van der Waals surface area contributed by atoms with Crippen molar-refractivity contribution in [2.24, 2.45) is 0 Å². The van der Waals surface area contributed by atoms with Crippen molar-refractivity contribution in [1.82, 2.24) is 5.32 Å². The smallest absolute Gasteiger partial charge is 0.231 e. The number of halogens is 1. The van der Waals surface area contributed by atoms with Gasteiger partial charge in [0.05, 0.1) is 12.1 Å². The molecule has 5 nitrogen and oxygen atoms in total. The van der Waals surface area contributed by atoms with E-state index in [1.165, 1.54) is 6.07 Å². The number of anilines is 2. The first-order chi connectivity index (χ1) is 9.20. The lowest BCUT2D eigenvalue weighted by Gasteiger charge is -2.29. The predicted octanol–water partition coefficient (Wildman–Crippen LogP) is 0.763. The van der Waals surface area contributed by atoms with Gasteiger partial charge in [-0.05, 0) is 18.2 Å². The fourth-order valence-corrected chi connectivity index (χ4v) is 2.03. The minimum atomic E-state index is -0.440. The lowest BCUT2D eigenvalue weighted by Crippen LogP contribution is -2.43. The Morgan fingerprint density at radius 3 is 2.79 bits per heavy atom. The highest BCUT2D eigenvalue weighted by molar-refractivity contribution is 5.98. The van der Waals surface area contributed by atoms with Crippen LogP contribution in [0.4, 0.5) is 15.8 Å². The number of carbonyl (C=O) groups is 2. The van der Waals surface area contributed by atoms with E-state index in [4.69, 9.17) is 0 Å². The third kappa shape index (κ3) is 3.51. The van der Waals surface area contributed by atoms with Gasteiger partial charge in [0.1, 0.15) is 12.1 Å². The highest BCUT2D eigenvalue weighted by Gasteiger charge is 2.15. The van der Waals surface area contributed by atoms with Crippen LogP contribution in [0.5, 0.6) is 0 Å². The summed E-state index contributed by atoms with van der Waals surface area (Å²) >= 11 is 0. The van der Waals surface area contributed by atoms with Gasteiger partial charge in [-0.3, -0.25) is 4.79 Å². The van der Waals surface area contributed by atoms with Crippen LogP contribution in [0.3, 0.4) is 0 Å². The number of hydrogen-bond donors (Lipinski definition) is 2. The molecule has 1 aromatic rings. The lowest BCUT2D eigenvalue weighted by molar-refractivity contribution is -0.119. The number of benzene rings is 1. The molecular formula is C13H16FN3O2. The molecule has 0 atom stereocenters. The van der Waals surface area contributed by atoms with Crippen molar-refractivity contribution in [2.45, 2.75) is 6.42 Å². The number of hydrogen-bond acceptors (Lipinski definition) is 4. The second-order valence-corrected chi connectivity index (χ2v) is 4.32. The third-order valence-electron chi connectivity index (χ3n) is 2.96. The standard InChI is InChI=1S/C13H16FN3O2/c14-11-9-10(16-13(19)3-8-18)1-2-12(11)17-6-4-15-5-7-17/h1-2,8-9,15H,3-7H2,(H,16,19). The maximum atomic E-state index is 14.0. The second kappa shape index (κ2) is 6.29. The zero-order chi connectivity index (χ0) is 13.7. The molecule has 1 aliphatic heterocycles. The van der Waals surface area contributed by atoms with Gasteiger partial charge in [0.25, 0.3) is 0 Å². The number of piperazine rings is 1. The summed E-state index contributed by atoms with van der Waals surface area (Å²) in [5.41, 5.74) is 0.901. The van der Waals surface area contributed by atoms with Crippen LogP contribution in [0.25, 0.3) is 0 Å². The summed E-state index contributed by atoms with van der Waals surface area (Å²) in [6.07, 6.45) is 0.294. The summed E-state index contributed by atoms with van der Waals surface area (Å²) in [4.78, 5) is 23.4. The van der Waals surface area contributed by atoms with Gasteiger partial charge in [-0.15, -0.1) is 0 Å². The Labute approximate surface area is 110 Å². The van der Waals surface area contributed by atoms with Crippen LogP contribution in [0.2, 0.25) is 0 Å².